The average Bonchev–Trinajstić information content (AvgIpc) is 3.58. The van der Waals surface area contributed by atoms with Crippen LogP contribution in [0.1, 0.15) is 51.1 Å². The van der Waals surface area contributed by atoms with E-state index in [0.717, 1.165) is 52.2 Å². The highest BCUT2D eigenvalue weighted by Gasteiger charge is 2.25. The van der Waals surface area contributed by atoms with Crippen molar-refractivity contribution >= 4 is 0 Å². The van der Waals surface area contributed by atoms with Gasteiger partial charge in [0.2, 0.25) is 5.82 Å². The second-order valence-electron chi connectivity index (χ2n) is 10.5. The topological polar surface area (TPSA) is 104 Å². The molecule has 0 aliphatic carbocycles. The normalized spacial score (nSPS) is 11.6. The van der Waals surface area contributed by atoms with Crippen LogP contribution in [0.3, 0.4) is 0 Å². The van der Waals surface area contributed by atoms with E-state index < -0.39 is 0 Å². The quantitative estimate of drug-likeness (QED) is 0.300. The first kappa shape index (κ1) is 26.1. The van der Waals surface area contributed by atoms with E-state index in [9.17, 15) is 4.79 Å². The predicted octanol–water partition coefficient (Wildman–Crippen LogP) is 5.19. The molecule has 0 unspecified atom stereocenters. The van der Waals surface area contributed by atoms with Crippen LogP contribution in [0.4, 0.5) is 0 Å². The van der Waals surface area contributed by atoms with Crippen molar-refractivity contribution in [3.8, 4) is 34.0 Å². The lowest BCUT2D eigenvalue weighted by atomic mass is 9.85. The number of rotatable bonds is 8. The van der Waals surface area contributed by atoms with Crippen molar-refractivity contribution in [3.05, 3.63) is 94.4 Å². The van der Waals surface area contributed by atoms with Gasteiger partial charge in [-0.25, -0.2) is 4.79 Å². The Bertz CT molecular complexity index is 1630. The van der Waals surface area contributed by atoms with Gasteiger partial charge in [-0.3, -0.25) is 14.1 Å². The van der Waals surface area contributed by atoms with Gasteiger partial charge in [0, 0.05) is 29.2 Å². The molecule has 3 heterocycles. The fraction of sp³-hybridized carbons (Fsp3) is 0.300. The SMILES string of the molecule is CCCc1cn(-c2c(OC)cccc2C(C)(C)C)c(=O)n1Cc1ccc(-c2ccccc2-c2nn[nH]n2)cn1. The molecule has 200 valence electrons. The summed E-state index contributed by atoms with van der Waals surface area (Å²) in [5, 5.41) is 14.4. The monoisotopic (exact) mass is 523 g/mol. The Labute approximate surface area is 227 Å². The number of aromatic amines is 1. The van der Waals surface area contributed by atoms with Gasteiger partial charge in [-0.2, -0.15) is 5.21 Å². The van der Waals surface area contributed by atoms with E-state index in [2.05, 4.69) is 54.4 Å². The Morgan fingerprint density at radius 2 is 1.79 bits per heavy atom. The molecule has 5 aromatic rings. The zero-order valence-electron chi connectivity index (χ0n) is 23.0. The molecule has 0 fully saturated rings. The van der Waals surface area contributed by atoms with Crippen molar-refractivity contribution < 1.29 is 4.74 Å². The standard InChI is InChI=1S/C30H33N7O2/c1-6-10-22-19-37(27-25(30(2,3)4)13-9-14-26(27)39-5)29(38)36(22)18-21-16-15-20(17-31-21)23-11-7-8-12-24(23)28-32-34-35-33-28/h7-9,11-17,19H,6,10,18H2,1-5H3,(H,32,33,34,35). The molecule has 0 saturated heterocycles. The number of imidazole rings is 1. The van der Waals surface area contributed by atoms with Gasteiger partial charge in [-0.05, 0) is 40.3 Å². The average molecular weight is 524 g/mol. The Morgan fingerprint density at radius 1 is 1.00 bits per heavy atom. The number of tetrazole rings is 1. The molecule has 5 rings (SSSR count). The first-order valence-electron chi connectivity index (χ1n) is 13.1. The Balaban J connectivity index is 1.53. The highest BCUT2D eigenvalue weighted by Crippen LogP contribution is 2.34. The number of pyridine rings is 1. The van der Waals surface area contributed by atoms with Gasteiger partial charge in [0.1, 0.15) is 5.75 Å². The summed E-state index contributed by atoms with van der Waals surface area (Å²) in [4.78, 5) is 18.6. The highest BCUT2D eigenvalue weighted by atomic mass is 16.5. The lowest BCUT2D eigenvalue weighted by Gasteiger charge is -2.24. The lowest BCUT2D eigenvalue weighted by Crippen LogP contribution is -2.27. The van der Waals surface area contributed by atoms with Crippen LogP contribution >= 0.6 is 0 Å². The van der Waals surface area contributed by atoms with E-state index in [-0.39, 0.29) is 11.1 Å². The molecule has 0 saturated carbocycles. The minimum absolute atomic E-state index is 0.109. The van der Waals surface area contributed by atoms with Crippen LogP contribution < -0.4 is 10.4 Å². The number of methoxy groups -OCH3 is 1. The van der Waals surface area contributed by atoms with Crippen molar-refractivity contribution in [1.29, 1.82) is 0 Å². The predicted molar refractivity (Wildman–Crippen MR) is 151 cm³/mol. The summed E-state index contributed by atoms with van der Waals surface area (Å²) in [5.41, 5.74) is 6.06. The number of nitrogens with zero attached hydrogens (tertiary/aromatic N) is 6. The smallest absolute Gasteiger partial charge is 0.333 e. The number of benzene rings is 2. The third-order valence-electron chi connectivity index (χ3n) is 6.80. The molecule has 9 heteroatoms. The lowest BCUT2D eigenvalue weighted by molar-refractivity contribution is 0.410. The first-order valence-corrected chi connectivity index (χ1v) is 13.1. The van der Waals surface area contributed by atoms with Crippen molar-refractivity contribution in [2.45, 2.75) is 52.5 Å². The molecule has 0 bridgehead atoms. The van der Waals surface area contributed by atoms with Gasteiger partial charge in [0.25, 0.3) is 0 Å². The van der Waals surface area contributed by atoms with Crippen LogP contribution in [0.15, 0.2) is 71.8 Å². The highest BCUT2D eigenvalue weighted by molar-refractivity contribution is 5.79. The molecular weight excluding hydrogens is 490 g/mol. The summed E-state index contributed by atoms with van der Waals surface area (Å²) in [6.45, 7) is 8.91. The van der Waals surface area contributed by atoms with Crippen molar-refractivity contribution in [2.24, 2.45) is 0 Å². The molecule has 0 radical (unpaired) electrons. The van der Waals surface area contributed by atoms with Gasteiger partial charge in [-0.15, -0.1) is 10.2 Å². The summed E-state index contributed by atoms with van der Waals surface area (Å²) in [7, 11) is 1.64. The zero-order chi connectivity index (χ0) is 27.6. The van der Waals surface area contributed by atoms with Crippen molar-refractivity contribution in [3.63, 3.8) is 0 Å². The van der Waals surface area contributed by atoms with E-state index in [4.69, 9.17) is 9.72 Å². The fourth-order valence-electron chi connectivity index (χ4n) is 4.90. The summed E-state index contributed by atoms with van der Waals surface area (Å²) in [6.07, 6.45) is 5.47. The number of aryl methyl sites for hydroxylation is 1. The molecular formula is C30H33N7O2. The first-order chi connectivity index (χ1) is 18.8. The van der Waals surface area contributed by atoms with E-state index in [0.29, 0.717) is 18.1 Å². The number of hydrogen-bond donors (Lipinski definition) is 1. The molecule has 1 N–H and O–H groups in total. The maximum Gasteiger partial charge on any atom is 0.333 e. The summed E-state index contributed by atoms with van der Waals surface area (Å²) >= 11 is 0. The second kappa shape index (κ2) is 10.7. The van der Waals surface area contributed by atoms with Crippen LogP contribution in [0.2, 0.25) is 0 Å². The third kappa shape index (κ3) is 5.12. The molecule has 2 aromatic carbocycles. The number of aromatic nitrogens is 7. The number of ether oxygens (including phenoxy) is 1. The van der Waals surface area contributed by atoms with E-state index >= 15 is 0 Å². The van der Waals surface area contributed by atoms with Gasteiger partial charge in [-0.1, -0.05) is 76.6 Å². The zero-order valence-corrected chi connectivity index (χ0v) is 23.0. The number of hydrogen-bond acceptors (Lipinski definition) is 6. The Hall–Kier alpha value is -4.53. The van der Waals surface area contributed by atoms with Gasteiger partial charge >= 0.3 is 5.69 Å². The van der Waals surface area contributed by atoms with E-state index in [1.165, 1.54) is 0 Å². The Morgan fingerprint density at radius 3 is 2.44 bits per heavy atom. The second-order valence-corrected chi connectivity index (χ2v) is 10.5. The minimum Gasteiger partial charge on any atom is -0.495 e. The molecule has 0 aliphatic heterocycles. The van der Waals surface area contributed by atoms with E-state index in [1.807, 2.05) is 65.5 Å². The molecule has 0 aliphatic rings. The van der Waals surface area contributed by atoms with Crippen molar-refractivity contribution in [1.82, 2.24) is 34.7 Å². The number of para-hydroxylation sites is 1. The number of nitrogens with one attached hydrogen (secondary N) is 1. The maximum absolute atomic E-state index is 13.9. The molecule has 39 heavy (non-hydrogen) atoms. The van der Waals surface area contributed by atoms with Gasteiger partial charge in [0.05, 0.1) is 25.0 Å². The molecule has 0 spiro atoms. The molecule has 3 aromatic heterocycles. The maximum atomic E-state index is 13.9. The molecule has 9 nitrogen and oxygen atoms in total. The van der Waals surface area contributed by atoms with Crippen molar-refractivity contribution in [2.75, 3.05) is 7.11 Å². The minimum atomic E-state index is -0.175. The van der Waals surface area contributed by atoms with Gasteiger partial charge < -0.3 is 4.74 Å². The summed E-state index contributed by atoms with van der Waals surface area (Å²) < 4.78 is 9.27. The molecule has 0 atom stereocenters. The van der Waals surface area contributed by atoms with Crippen LogP contribution in [-0.2, 0) is 18.4 Å². The largest absolute Gasteiger partial charge is 0.495 e. The molecule has 0 amide bonds. The summed E-state index contributed by atoms with van der Waals surface area (Å²) in [6, 6.07) is 17.8. The summed E-state index contributed by atoms with van der Waals surface area (Å²) in [5.74, 6) is 1.20. The van der Waals surface area contributed by atoms with Crippen LogP contribution in [0.5, 0.6) is 5.75 Å². The van der Waals surface area contributed by atoms with Gasteiger partial charge in [0.15, 0.2) is 0 Å². The fourth-order valence-corrected chi connectivity index (χ4v) is 4.90. The van der Waals surface area contributed by atoms with Crippen LogP contribution in [0.25, 0.3) is 28.2 Å². The third-order valence-corrected chi connectivity index (χ3v) is 6.80. The van der Waals surface area contributed by atoms with Crippen LogP contribution in [-0.4, -0.2) is 41.9 Å². The van der Waals surface area contributed by atoms with E-state index in [1.54, 1.807) is 11.7 Å². The Kier molecular flexibility index (Phi) is 7.15. The van der Waals surface area contributed by atoms with Crippen LogP contribution in [0, 0.1) is 0 Å². The number of H-pyrrole nitrogens is 1.